The molecule has 5 heteroatoms. The summed E-state index contributed by atoms with van der Waals surface area (Å²) in [5.41, 5.74) is 3.92. The van der Waals surface area contributed by atoms with E-state index in [-0.39, 0.29) is 17.9 Å². The Labute approximate surface area is 166 Å². The molecule has 1 unspecified atom stereocenters. The van der Waals surface area contributed by atoms with Gasteiger partial charge in [0.1, 0.15) is 5.75 Å². The SMILES string of the molecule is COc1ccc2c(c1)CCN(C(=O)/C=C/c1ccc(C(=O)N(C)C)cc1)C2C. The number of fused-ring (bicyclic) bond motifs is 1. The number of hydrogen-bond acceptors (Lipinski definition) is 3. The molecular weight excluding hydrogens is 352 g/mol. The van der Waals surface area contributed by atoms with Crippen LogP contribution in [0.5, 0.6) is 5.75 Å². The van der Waals surface area contributed by atoms with Gasteiger partial charge in [0.2, 0.25) is 5.91 Å². The first-order valence-electron chi connectivity index (χ1n) is 9.38. The molecule has 2 amide bonds. The van der Waals surface area contributed by atoms with Gasteiger partial charge in [-0.25, -0.2) is 0 Å². The maximum absolute atomic E-state index is 12.7. The molecule has 0 N–H and O–H groups in total. The van der Waals surface area contributed by atoms with Crippen molar-refractivity contribution in [1.29, 1.82) is 0 Å². The van der Waals surface area contributed by atoms with Crippen LogP contribution in [0.1, 0.15) is 40.0 Å². The Bertz CT molecular complexity index is 901. The summed E-state index contributed by atoms with van der Waals surface area (Å²) < 4.78 is 5.30. The summed E-state index contributed by atoms with van der Waals surface area (Å²) in [6.07, 6.45) is 4.22. The number of nitrogens with zero attached hydrogens (tertiary/aromatic N) is 2. The van der Waals surface area contributed by atoms with Gasteiger partial charge in [-0.2, -0.15) is 0 Å². The first kappa shape index (κ1) is 19.7. The molecule has 146 valence electrons. The molecule has 1 aliphatic heterocycles. The highest BCUT2D eigenvalue weighted by atomic mass is 16.5. The van der Waals surface area contributed by atoms with Gasteiger partial charge in [0, 0.05) is 32.3 Å². The molecule has 0 fully saturated rings. The Hall–Kier alpha value is -3.08. The lowest BCUT2D eigenvalue weighted by molar-refractivity contribution is -0.128. The molecule has 1 heterocycles. The predicted molar refractivity (Wildman–Crippen MR) is 110 cm³/mol. The van der Waals surface area contributed by atoms with E-state index in [0.717, 1.165) is 17.7 Å². The second-order valence-corrected chi connectivity index (χ2v) is 7.18. The van der Waals surface area contributed by atoms with Crippen molar-refractivity contribution >= 4 is 17.9 Å². The van der Waals surface area contributed by atoms with Gasteiger partial charge in [-0.05, 0) is 60.4 Å². The molecule has 0 aromatic heterocycles. The number of amides is 2. The Kier molecular flexibility index (Phi) is 5.83. The Morgan fingerprint density at radius 3 is 2.50 bits per heavy atom. The Morgan fingerprint density at radius 2 is 1.86 bits per heavy atom. The predicted octanol–water partition coefficient (Wildman–Crippen LogP) is 3.56. The van der Waals surface area contributed by atoms with E-state index in [2.05, 4.69) is 13.0 Å². The number of carbonyl (C=O) groups excluding carboxylic acids is 2. The number of benzene rings is 2. The van der Waals surface area contributed by atoms with Gasteiger partial charge in [0.05, 0.1) is 13.2 Å². The van der Waals surface area contributed by atoms with Crippen LogP contribution < -0.4 is 4.74 Å². The highest BCUT2D eigenvalue weighted by Gasteiger charge is 2.26. The Balaban J connectivity index is 1.70. The van der Waals surface area contributed by atoms with Crippen LogP contribution in [0.4, 0.5) is 0 Å². The maximum atomic E-state index is 12.7. The van der Waals surface area contributed by atoms with E-state index < -0.39 is 0 Å². The van der Waals surface area contributed by atoms with Crippen molar-refractivity contribution in [3.63, 3.8) is 0 Å². The monoisotopic (exact) mass is 378 g/mol. The van der Waals surface area contributed by atoms with Crippen molar-refractivity contribution in [1.82, 2.24) is 9.80 Å². The molecule has 28 heavy (non-hydrogen) atoms. The van der Waals surface area contributed by atoms with Crippen LogP contribution in [-0.4, -0.2) is 49.4 Å². The number of ether oxygens (including phenoxy) is 1. The lowest BCUT2D eigenvalue weighted by atomic mass is 9.93. The molecule has 5 nitrogen and oxygen atoms in total. The second kappa shape index (κ2) is 8.30. The topological polar surface area (TPSA) is 49.9 Å². The molecule has 0 spiro atoms. The number of hydrogen-bond donors (Lipinski definition) is 0. The number of carbonyl (C=O) groups is 2. The Morgan fingerprint density at radius 1 is 1.14 bits per heavy atom. The third-order valence-corrected chi connectivity index (χ3v) is 5.16. The molecule has 0 saturated heterocycles. The average molecular weight is 378 g/mol. The van der Waals surface area contributed by atoms with Gasteiger partial charge < -0.3 is 14.5 Å². The van der Waals surface area contributed by atoms with Crippen LogP contribution in [0.25, 0.3) is 6.08 Å². The van der Waals surface area contributed by atoms with E-state index in [1.807, 2.05) is 29.2 Å². The first-order chi connectivity index (χ1) is 13.4. The van der Waals surface area contributed by atoms with Crippen molar-refractivity contribution < 1.29 is 14.3 Å². The van der Waals surface area contributed by atoms with Gasteiger partial charge in [-0.1, -0.05) is 18.2 Å². The minimum atomic E-state index is -0.0379. The normalized spacial score (nSPS) is 16.0. The van der Waals surface area contributed by atoms with Gasteiger partial charge in [-0.3, -0.25) is 9.59 Å². The molecule has 1 atom stereocenters. The fraction of sp³-hybridized carbons (Fsp3) is 0.304. The van der Waals surface area contributed by atoms with E-state index in [9.17, 15) is 9.59 Å². The van der Waals surface area contributed by atoms with Crippen molar-refractivity contribution in [2.75, 3.05) is 27.7 Å². The fourth-order valence-electron chi connectivity index (χ4n) is 3.49. The van der Waals surface area contributed by atoms with Crippen LogP contribution in [0.2, 0.25) is 0 Å². The van der Waals surface area contributed by atoms with E-state index in [1.165, 1.54) is 11.1 Å². The summed E-state index contributed by atoms with van der Waals surface area (Å²) in [5, 5.41) is 0. The molecular formula is C23H26N2O3. The van der Waals surface area contributed by atoms with E-state index in [0.29, 0.717) is 12.1 Å². The molecule has 3 rings (SSSR count). The van der Waals surface area contributed by atoms with Crippen molar-refractivity contribution in [3.8, 4) is 5.75 Å². The summed E-state index contributed by atoms with van der Waals surface area (Å²) in [5.74, 6) is 0.799. The lowest BCUT2D eigenvalue weighted by Gasteiger charge is -2.34. The third kappa shape index (κ3) is 4.09. The van der Waals surface area contributed by atoms with Crippen LogP contribution in [0.3, 0.4) is 0 Å². The van der Waals surface area contributed by atoms with E-state index >= 15 is 0 Å². The maximum Gasteiger partial charge on any atom is 0.253 e. The highest BCUT2D eigenvalue weighted by molar-refractivity contribution is 5.95. The summed E-state index contributed by atoms with van der Waals surface area (Å²) in [7, 11) is 5.11. The smallest absolute Gasteiger partial charge is 0.253 e. The molecule has 0 bridgehead atoms. The molecule has 0 radical (unpaired) electrons. The van der Waals surface area contributed by atoms with Gasteiger partial charge in [0.15, 0.2) is 0 Å². The second-order valence-electron chi connectivity index (χ2n) is 7.18. The average Bonchev–Trinajstić information content (AvgIpc) is 2.71. The molecule has 1 aliphatic rings. The van der Waals surface area contributed by atoms with E-state index in [4.69, 9.17) is 4.74 Å². The number of methoxy groups -OCH3 is 1. The van der Waals surface area contributed by atoms with Crippen LogP contribution >= 0.6 is 0 Å². The molecule has 2 aromatic rings. The van der Waals surface area contributed by atoms with Crippen LogP contribution in [0, 0.1) is 0 Å². The molecule has 0 saturated carbocycles. The van der Waals surface area contributed by atoms with Gasteiger partial charge in [-0.15, -0.1) is 0 Å². The van der Waals surface area contributed by atoms with Crippen molar-refractivity contribution in [3.05, 3.63) is 70.8 Å². The molecule has 0 aliphatic carbocycles. The quantitative estimate of drug-likeness (QED) is 0.765. The van der Waals surface area contributed by atoms with Crippen molar-refractivity contribution in [2.24, 2.45) is 0 Å². The summed E-state index contributed by atoms with van der Waals surface area (Å²) in [4.78, 5) is 28.1. The van der Waals surface area contributed by atoms with Crippen molar-refractivity contribution in [2.45, 2.75) is 19.4 Å². The highest BCUT2D eigenvalue weighted by Crippen LogP contribution is 2.32. The van der Waals surface area contributed by atoms with Crippen LogP contribution in [-0.2, 0) is 11.2 Å². The summed E-state index contributed by atoms with van der Waals surface area (Å²) >= 11 is 0. The van der Waals surface area contributed by atoms with Gasteiger partial charge in [0.25, 0.3) is 5.91 Å². The first-order valence-corrected chi connectivity index (χ1v) is 9.38. The zero-order chi connectivity index (χ0) is 20.3. The lowest BCUT2D eigenvalue weighted by Crippen LogP contribution is -2.37. The standard InChI is InChI=1S/C23H26N2O3/c1-16-21-11-10-20(28-4)15-19(21)13-14-25(16)22(26)12-7-17-5-8-18(9-6-17)23(27)24(2)3/h5-12,15-16H,13-14H2,1-4H3/b12-7+. The van der Waals surface area contributed by atoms with E-state index in [1.54, 1.807) is 50.4 Å². The molecule has 2 aromatic carbocycles. The fourth-order valence-corrected chi connectivity index (χ4v) is 3.49. The number of rotatable bonds is 4. The largest absolute Gasteiger partial charge is 0.497 e. The minimum absolute atomic E-state index is 0.0117. The van der Waals surface area contributed by atoms with Crippen LogP contribution in [0.15, 0.2) is 48.5 Å². The summed E-state index contributed by atoms with van der Waals surface area (Å²) in [6.45, 7) is 2.73. The third-order valence-electron chi connectivity index (χ3n) is 5.16. The summed E-state index contributed by atoms with van der Waals surface area (Å²) in [6, 6.07) is 13.3. The zero-order valence-corrected chi connectivity index (χ0v) is 16.8. The minimum Gasteiger partial charge on any atom is -0.497 e. The van der Waals surface area contributed by atoms with Gasteiger partial charge >= 0.3 is 0 Å². The zero-order valence-electron chi connectivity index (χ0n) is 16.8.